The van der Waals surface area contributed by atoms with E-state index in [0.717, 1.165) is 28.3 Å². The average molecular weight is 355 g/mol. The van der Waals surface area contributed by atoms with E-state index in [1.807, 2.05) is 38.4 Å². The van der Waals surface area contributed by atoms with Crippen LogP contribution in [0.4, 0.5) is 0 Å². The van der Waals surface area contributed by atoms with Gasteiger partial charge in [0.2, 0.25) is 5.91 Å². The molecule has 8 heteroatoms. The lowest BCUT2D eigenvalue weighted by Gasteiger charge is -2.15. The minimum atomic E-state index is 0.0240. The Balaban J connectivity index is 1.58. The first kappa shape index (κ1) is 18.0. The Morgan fingerprint density at radius 2 is 2.04 bits per heavy atom. The molecule has 1 N–H and O–H groups in total. The van der Waals surface area contributed by atoms with Crippen LogP contribution >= 0.6 is 0 Å². The van der Waals surface area contributed by atoms with Crippen LogP contribution < -0.4 is 5.32 Å². The van der Waals surface area contributed by atoms with Gasteiger partial charge >= 0.3 is 0 Å². The first-order valence-corrected chi connectivity index (χ1v) is 8.82. The highest BCUT2D eigenvalue weighted by atomic mass is 16.1. The van der Waals surface area contributed by atoms with Gasteiger partial charge in [-0.3, -0.25) is 9.48 Å². The Morgan fingerprint density at radius 3 is 2.73 bits per heavy atom. The van der Waals surface area contributed by atoms with Crippen molar-refractivity contribution in [2.24, 2.45) is 0 Å². The van der Waals surface area contributed by atoms with Gasteiger partial charge in [0.05, 0.1) is 11.7 Å². The number of aryl methyl sites for hydroxylation is 4. The molecule has 8 nitrogen and oxygen atoms in total. The highest BCUT2D eigenvalue weighted by Gasteiger charge is 2.14. The normalized spacial score (nSPS) is 12.5. The second kappa shape index (κ2) is 7.23. The summed E-state index contributed by atoms with van der Waals surface area (Å²) < 4.78 is 3.66. The summed E-state index contributed by atoms with van der Waals surface area (Å²) in [5.41, 5.74) is 5.01. The molecule has 3 aromatic heterocycles. The van der Waals surface area contributed by atoms with Crippen LogP contribution in [0, 0.1) is 27.7 Å². The highest BCUT2D eigenvalue weighted by Crippen LogP contribution is 2.15. The van der Waals surface area contributed by atoms with Crippen molar-refractivity contribution in [3.63, 3.8) is 0 Å². The first-order chi connectivity index (χ1) is 12.4. The molecule has 26 heavy (non-hydrogen) atoms. The van der Waals surface area contributed by atoms with Crippen LogP contribution in [0.3, 0.4) is 0 Å². The second-order valence-electron chi connectivity index (χ2n) is 6.76. The third kappa shape index (κ3) is 3.58. The van der Waals surface area contributed by atoms with Crippen LogP contribution in [0.1, 0.15) is 47.7 Å². The maximum absolute atomic E-state index is 12.3. The minimum absolute atomic E-state index is 0.0240. The zero-order valence-corrected chi connectivity index (χ0v) is 15.9. The summed E-state index contributed by atoms with van der Waals surface area (Å²) in [5, 5.41) is 11.7. The maximum Gasteiger partial charge on any atom is 0.252 e. The highest BCUT2D eigenvalue weighted by molar-refractivity contribution is 5.76. The molecule has 138 valence electrons. The van der Waals surface area contributed by atoms with E-state index >= 15 is 0 Å². The van der Waals surface area contributed by atoms with Gasteiger partial charge in [-0.25, -0.2) is 9.50 Å². The van der Waals surface area contributed by atoms with Crippen LogP contribution in [0.25, 0.3) is 5.78 Å². The standard InChI is InChI=1S/C18H25N7O/c1-11-8-12(2)24(23-11)13(3)9-19-17(26)7-6-16-14(4)22-18-20-10-21-25(18)15(16)5/h8,10,13H,6-7,9H2,1-5H3,(H,19,26)/t13-/m1/s1. The number of nitrogens with one attached hydrogen (secondary N) is 1. The van der Waals surface area contributed by atoms with Gasteiger partial charge in [0, 0.05) is 30.0 Å². The summed E-state index contributed by atoms with van der Waals surface area (Å²) in [6.07, 6.45) is 2.53. The summed E-state index contributed by atoms with van der Waals surface area (Å²) in [5.74, 6) is 0.614. The minimum Gasteiger partial charge on any atom is -0.354 e. The van der Waals surface area contributed by atoms with Crippen molar-refractivity contribution in [2.45, 2.75) is 53.5 Å². The average Bonchev–Trinajstić information content (AvgIpc) is 3.18. The maximum atomic E-state index is 12.3. The molecule has 1 amide bonds. The fraction of sp³-hybridized carbons (Fsp3) is 0.500. The molecule has 0 saturated heterocycles. The number of rotatable bonds is 6. The molecule has 1 atom stereocenters. The fourth-order valence-electron chi connectivity index (χ4n) is 3.28. The Morgan fingerprint density at radius 1 is 1.27 bits per heavy atom. The van der Waals surface area contributed by atoms with Crippen molar-refractivity contribution in [1.29, 1.82) is 0 Å². The molecule has 3 aromatic rings. The quantitative estimate of drug-likeness (QED) is 0.729. The van der Waals surface area contributed by atoms with E-state index < -0.39 is 0 Å². The lowest BCUT2D eigenvalue weighted by atomic mass is 10.1. The third-order valence-corrected chi connectivity index (χ3v) is 4.65. The Kier molecular flexibility index (Phi) is 5.01. The van der Waals surface area contributed by atoms with E-state index in [9.17, 15) is 4.79 Å². The van der Waals surface area contributed by atoms with E-state index in [4.69, 9.17) is 0 Å². The molecule has 3 heterocycles. The van der Waals surface area contributed by atoms with Gasteiger partial charge in [0.15, 0.2) is 0 Å². The zero-order valence-electron chi connectivity index (χ0n) is 15.9. The number of carbonyl (C=O) groups is 1. The van der Waals surface area contributed by atoms with Crippen LogP contribution in [-0.4, -0.2) is 41.8 Å². The fourth-order valence-corrected chi connectivity index (χ4v) is 3.28. The monoisotopic (exact) mass is 355 g/mol. The molecule has 0 radical (unpaired) electrons. The zero-order chi connectivity index (χ0) is 18.8. The van der Waals surface area contributed by atoms with E-state index in [-0.39, 0.29) is 11.9 Å². The predicted molar refractivity (Wildman–Crippen MR) is 98.0 cm³/mol. The van der Waals surface area contributed by atoms with Gasteiger partial charge in [-0.05, 0) is 52.7 Å². The smallest absolute Gasteiger partial charge is 0.252 e. The number of carbonyl (C=O) groups excluding carboxylic acids is 1. The molecular formula is C18H25N7O. The van der Waals surface area contributed by atoms with E-state index in [2.05, 4.69) is 32.4 Å². The van der Waals surface area contributed by atoms with Crippen molar-refractivity contribution in [3.05, 3.63) is 40.7 Å². The largest absolute Gasteiger partial charge is 0.354 e. The Hall–Kier alpha value is -2.77. The van der Waals surface area contributed by atoms with Gasteiger partial charge < -0.3 is 5.32 Å². The van der Waals surface area contributed by atoms with Gasteiger partial charge in [0.1, 0.15) is 6.33 Å². The summed E-state index contributed by atoms with van der Waals surface area (Å²) in [6.45, 7) is 10.5. The van der Waals surface area contributed by atoms with Crippen molar-refractivity contribution in [2.75, 3.05) is 6.54 Å². The SMILES string of the molecule is Cc1cc(C)n([C@H](C)CNC(=O)CCc2c(C)nc3ncnn3c2C)n1. The first-order valence-electron chi connectivity index (χ1n) is 8.82. The van der Waals surface area contributed by atoms with Gasteiger partial charge in [-0.2, -0.15) is 15.2 Å². The number of fused-ring (bicyclic) bond motifs is 1. The van der Waals surface area contributed by atoms with Crippen molar-refractivity contribution < 1.29 is 4.79 Å². The predicted octanol–water partition coefficient (Wildman–Crippen LogP) is 1.86. The molecule has 0 bridgehead atoms. The van der Waals surface area contributed by atoms with Crippen LogP contribution in [-0.2, 0) is 11.2 Å². The topological polar surface area (TPSA) is 90.0 Å². The molecule has 0 spiro atoms. The number of amides is 1. The lowest BCUT2D eigenvalue weighted by Crippen LogP contribution is -2.30. The van der Waals surface area contributed by atoms with Crippen molar-refractivity contribution in [1.82, 2.24) is 34.7 Å². The third-order valence-electron chi connectivity index (χ3n) is 4.65. The summed E-state index contributed by atoms with van der Waals surface area (Å²) in [4.78, 5) is 20.8. The molecule has 0 aliphatic carbocycles. The van der Waals surface area contributed by atoms with Gasteiger partial charge in [-0.1, -0.05) is 0 Å². The van der Waals surface area contributed by atoms with E-state index in [1.165, 1.54) is 6.33 Å². The van der Waals surface area contributed by atoms with Crippen LogP contribution in [0.2, 0.25) is 0 Å². The molecular weight excluding hydrogens is 330 g/mol. The summed E-state index contributed by atoms with van der Waals surface area (Å²) >= 11 is 0. The second-order valence-corrected chi connectivity index (χ2v) is 6.76. The molecule has 0 saturated carbocycles. The molecule has 0 unspecified atom stereocenters. The van der Waals surface area contributed by atoms with E-state index in [1.54, 1.807) is 4.52 Å². The van der Waals surface area contributed by atoms with Crippen molar-refractivity contribution in [3.8, 4) is 0 Å². The Bertz CT molecular complexity index is 941. The van der Waals surface area contributed by atoms with Gasteiger partial charge in [0.25, 0.3) is 5.78 Å². The van der Waals surface area contributed by atoms with Crippen molar-refractivity contribution >= 4 is 11.7 Å². The molecule has 0 aliphatic heterocycles. The Labute approximate surface area is 152 Å². The molecule has 0 aliphatic rings. The van der Waals surface area contributed by atoms with Crippen LogP contribution in [0.5, 0.6) is 0 Å². The number of hydrogen-bond acceptors (Lipinski definition) is 5. The number of aromatic nitrogens is 6. The van der Waals surface area contributed by atoms with E-state index in [0.29, 0.717) is 25.2 Å². The molecule has 0 fully saturated rings. The summed E-state index contributed by atoms with van der Waals surface area (Å²) in [6, 6.07) is 2.15. The molecule has 0 aromatic carbocycles. The summed E-state index contributed by atoms with van der Waals surface area (Å²) in [7, 11) is 0. The number of hydrogen-bond donors (Lipinski definition) is 1. The lowest BCUT2D eigenvalue weighted by molar-refractivity contribution is -0.121. The molecule has 3 rings (SSSR count). The van der Waals surface area contributed by atoms with Gasteiger partial charge in [-0.15, -0.1) is 0 Å². The van der Waals surface area contributed by atoms with Crippen LogP contribution in [0.15, 0.2) is 12.4 Å². The number of nitrogens with zero attached hydrogens (tertiary/aromatic N) is 6.